The van der Waals surface area contributed by atoms with Crippen LogP contribution in [-0.2, 0) is 10.0 Å². The first kappa shape index (κ1) is 18.9. The first-order valence-electron chi connectivity index (χ1n) is 8.85. The number of hydrogen-bond donors (Lipinski definition) is 1. The zero-order valence-corrected chi connectivity index (χ0v) is 16.8. The van der Waals surface area contributed by atoms with Crippen LogP contribution in [0.15, 0.2) is 33.9 Å². The lowest BCUT2D eigenvalue weighted by molar-refractivity contribution is 0.0762. The second-order valence-electron chi connectivity index (χ2n) is 6.77. The Morgan fingerprint density at radius 3 is 2.38 bits per heavy atom. The lowest BCUT2D eigenvalue weighted by Gasteiger charge is -2.19. The van der Waals surface area contributed by atoms with Crippen molar-refractivity contribution < 1.29 is 13.2 Å². The van der Waals surface area contributed by atoms with Gasteiger partial charge in [0.15, 0.2) is 0 Å². The molecule has 0 spiro atoms. The molecule has 0 radical (unpaired) electrons. The monoisotopic (exact) mass is 392 g/mol. The molecular weight excluding hydrogens is 368 g/mol. The molecule has 3 rings (SSSR count). The Hall–Kier alpha value is -1.86. The fourth-order valence-corrected chi connectivity index (χ4v) is 5.24. The summed E-state index contributed by atoms with van der Waals surface area (Å²) in [5, 5.41) is 1.64. The van der Waals surface area contributed by atoms with E-state index < -0.39 is 10.0 Å². The first-order chi connectivity index (χ1) is 12.4. The number of amides is 1. The molecule has 0 unspecified atom stereocenters. The second-order valence-corrected chi connectivity index (χ2v) is 9.59. The Kier molecular flexibility index (Phi) is 5.67. The van der Waals surface area contributed by atoms with Crippen LogP contribution in [0.2, 0.25) is 0 Å². The van der Waals surface area contributed by atoms with E-state index in [1.165, 1.54) is 6.07 Å². The maximum Gasteiger partial charge on any atom is 0.271 e. The summed E-state index contributed by atoms with van der Waals surface area (Å²) < 4.78 is 28.0. The van der Waals surface area contributed by atoms with Gasteiger partial charge in [0.25, 0.3) is 15.9 Å². The molecule has 0 atom stereocenters. The normalized spacial score (nSPS) is 15.5. The average molecular weight is 393 g/mol. The van der Waals surface area contributed by atoms with E-state index in [9.17, 15) is 13.2 Å². The highest BCUT2D eigenvalue weighted by Gasteiger charge is 2.23. The fraction of sp³-hybridized carbons (Fsp3) is 0.421. The van der Waals surface area contributed by atoms with E-state index >= 15 is 0 Å². The van der Waals surface area contributed by atoms with E-state index in [-0.39, 0.29) is 10.1 Å². The van der Waals surface area contributed by atoms with E-state index in [0.717, 1.165) is 61.2 Å². The maximum absolute atomic E-state index is 12.7. The van der Waals surface area contributed by atoms with Crippen molar-refractivity contribution in [1.82, 2.24) is 4.90 Å². The number of thiophene rings is 1. The molecule has 2 aromatic rings. The summed E-state index contributed by atoms with van der Waals surface area (Å²) in [5.41, 5.74) is 3.11. The number of anilines is 1. The van der Waals surface area contributed by atoms with E-state index in [1.54, 1.807) is 11.4 Å². The van der Waals surface area contributed by atoms with Gasteiger partial charge in [0.05, 0.1) is 5.56 Å². The maximum atomic E-state index is 12.7. The molecule has 1 amide bonds. The molecule has 1 aromatic heterocycles. The summed E-state index contributed by atoms with van der Waals surface area (Å²) in [6, 6.07) is 6.93. The number of benzene rings is 1. The fourth-order valence-electron chi connectivity index (χ4n) is 3.04. The Bertz CT molecular complexity index is 895. The number of rotatable bonds is 4. The Balaban J connectivity index is 1.76. The van der Waals surface area contributed by atoms with Gasteiger partial charge in [-0.25, -0.2) is 8.42 Å². The third-order valence-electron chi connectivity index (χ3n) is 4.74. The van der Waals surface area contributed by atoms with Crippen molar-refractivity contribution in [2.45, 2.75) is 43.7 Å². The number of carbonyl (C=O) groups excluding carboxylic acids is 1. The van der Waals surface area contributed by atoms with Gasteiger partial charge >= 0.3 is 0 Å². The van der Waals surface area contributed by atoms with Gasteiger partial charge in [-0.3, -0.25) is 9.52 Å². The Morgan fingerprint density at radius 2 is 1.73 bits per heavy atom. The molecule has 1 saturated heterocycles. The SMILES string of the molecule is Cc1ccc(NS(=O)(=O)c2cc(C(=O)N3CCCCCC3)cs2)cc1C. The van der Waals surface area contributed by atoms with Crippen LogP contribution in [0, 0.1) is 13.8 Å². The summed E-state index contributed by atoms with van der Waals surface area (Å²) in [6.07, 6.45) is 4.31. The molecule has 2 heterocycles. The molecule has 140 valence electrons. The highest BCUT2D eigenvalue weighted by molar-refractivity contribution is 7.94. The molecule has 1 aliphatic rings. The van der Waals surface area contributed by atoms with Crippen molar-refractivity contribution in [1.29, 1.82) is 0 Å². The molecular formula is C19H24N2O3S2. The van der Waals surface area contributed by atoms with Gasteiger partial charge in [0.1, 0.15) is 4.21 Å². The number of likely N-dealkylation sites (tertiary alicyclic amines) is 1. The molecule has 1 N–H and O–H groups in total. The number of sulfonamides is 1. The molecule has 5 nitrogen and oxygen atoms in total. The number of nitrogens with one attached hydrogen (secondary N) is 1. The van der Waals surface area contributed by atoms with Crippen LogP contribution >= 0.6 is 11.3 Å². The highest BCUT2D eigenvalue weighted by atomic mass is 32.2. The lowest BCUT2D eigenvalue weighted by Crippen LogP contribution is -2.31. The Labute approximate surface area is 159 Å². The third kappa shape index (κ3) is 4.27. The van der Waals surface area contributed by atoms with Crippen LogP contribution in [-0.4, -0.2) is 32.3 Å². The van der Waals surface area contributed by atoms with Gasteiger partial charge in [-0.15, -0.1) is 11.3 Å². The minimum atomic E-state index is -3.70. The summed E-state index contributed by atoms with van der Waals surface area (Å²) in [6.45, 7) is 5.42. The smallest absolute Gasteiger partial charge is 0.271 e. The quantitative estimate of drug-likeness (QED) is 0.849. The summed E-state index contributed by atoms with van der Waals surface area (Å²) in [5.74, 6) is -0.0734. The highest BCUT2D eigenvalue weighted by Crippen LogP contribution is 2.25. The largest absolute Gasteiger partial charge is 0.339 e. The zero-order chi connectivity index (χ0) is 18.7. The number of nitrogens with zero attached hydrogens (tertiary/aromatic N) is 1. The molecule has 0 aliphatic carbocycles. The Morgan fingerprint density at radius 1 is 1.04 bits per heavy atom. The minimum Gasteiger partial charge on any atom is -0.339 e. The first-order valence-corrected chi connectivity index (χ1v) is 11.2. The number of carbonyl (C=O) groups is 1. The molecule has 0 bridgehead atoms. The molecule has 26 heavy (non-hydrogen) atoms. The zero-order valence-electron chi connectivity index (χ0n) is 15.1. The molecule has 1 fully saturated rings. The van der Waals surface area contributed by atoms with Crippen molar-refractivity contribution >= 4 is 33.0 Å². The van der Waals surface area contributed by atoms with E-state index in [4.69, 9.17) is 0 Å². The summed E-state index contributed by atoms with van der Waals surface area (Å²) in [4.78, 5) is 14.5. The predicted molar refractivity (Wildman–Crippen MR) is 105 cm³/mol. The van der Waals surface area contributed by atoms with Gasteiger partial charge in [-0.1, -0.05) is 18.9 Å². The van der Waals surface area contributed by atoms with Gasteiger partial charge in [0.2, 0.25) is 0 Å². The van der Waals surface area contributed by atoms with E-state index in [1.807, 2.05) is 30.9 Å². The van der Waals surface area contributed by atoms with Crippen LogP contribution in [0.1, 0.15) is 47.2 Å². The predicted octanol–water partition coefficient (Wildman–Crippen LogP) is 4.18. The van der Waals surface area contributed by atoms with E-state index in [0.29, 0.717) is 11.3 Å². The van der Waals surface area contributed by atoms with Crippen LogP contribution in [0.3, 0.4) is 0 Å². The topological polar surface area (TPSA) is 66.5 Å². The molecule has 0 saturated carbocycles. The molecule has 7 heteroatoms. The van der Waals surface area contributed by atoms with Crippen LogP contribution < -0.4 is 4.72 Å². The van der Waals surface area contributed by atoms with Crippen LogP contribution in [0.5, 0.6) is 0 Å². The minimum absolute atomic E-state index is 0.0734. The van der Waals surface area contributed by atoms with Crippen LogP contribution in [0.25, 0.3) is 0 Å². The number of hydrogen-bond acceptors (Lipinski definition) is 4. The summed E-state index contributed by atoms with van der Waals surface area (Å²) in [7, 11) is -3.70. The molecule has 1 aromatic carbocycles. The second kappa shape index (κ2) is 7.80. The summed E-state index contributed by atoms with van der Waals surface area (Å²) >= 11 is 1.08. The van der Waals surface area contributed by atoms with Gasteiger partial charge in [-0.2, -0.15) is 0 Å². The van der Waals surface area contributed by atoms with Gasteiger partial charge in [-0.05, 0) is 56.0 Å². The van der Waals surface area contributed by atoms with Crippen molar-refractivity contribution in [3.63, 3.8) is 0 Å². The van der Waals surface area contributed by atoms with Crippen molar-refractivity contribution in [3.8, 4) is 0 Å². The average Bonchev–Trinajstić information content (AvgIpc) is 2.95. The van der Waals surface area contributed by atoms with E-state index in [2.05, 4.69) is 4.72 Å². The van der Waals surface area contributed by atoms with Gasteiger partial charge < -0.3 is 4.90 Å². The van der Waals surface area contributed by atoms with Gasteiger partial charge in [0, 0.05) is 24.2 Å². The molecule has 1 aliphatic heterocycles. The van der Waals surface area contributed by atoms with Crippen molar-refractivity contribution in [2.24, 2.45) is 0 Å². The van der Waals surface area contributed by atoms with Crippen LogP contribution in [0.4, 0.5) is 5.69 Å². The van der Waals surface area contributed by atoms with Crippen molar-refractivity contribution in [2.75, 3.05) is 17.8 Å². The number of aryl methyl sites for hydroxylation is 2. The third-order valence-corrected chi connectivity index (χ3v) is 7.56. The van der Waals surface area contributed by atoms with Crippen molar-refractivity contribution in [3.05, 3.63) is 46.3 Å². The lowest BCUT2D eigenvalue weighted by atomic mass is 10.1. The standard InChI is InChI=1S/C19H24N2O3S2/c1-14-7-8-17(11-15(14)2)20-26(23,24)18-12-16(13-25-18)19(22)21-9-5-3-4-6-10-21/h7-8,11-13,20H,3-6,9-10H2,1-2H3.